The lowest BCUT2D eigenvalue weighted by Crippen LogP contribution is -2.32. The van der Waals surface area contributed by atoms with E-state index in [1.54, 1.807) is 0 Å². The molecule has 0 saturated heterocycles. The van der Waals surface area contributed by atoms with Crippen LogP contribution in [0.5, 0.6) is 0 Å². The fourth-order valence-electron chi connectivity index (χ4n) is 2.12. The van der Waals surface area contributed by atoms with E-state index in [-0.39, 0.29) is 18.7 Å². The maximum Gasteiger partial charge on any atom is 0.321 e. The van der Waals surface area contributed by atoms with Gasteiger partial charge in [-0.2, -0.15) is 0 Å². The van der Waals surface area contributed by atoms with Gasteiger partial charge in [0.15, 0.2) is 5.13 Å². The molecule has 118 valence electrons. The average Bonchev–Trinajstić information content (AvgIpc) is 2.99. The van der Waals surface area contributed by atoms with Gasteiger partial charge in [-0.15, -0.1) is 11.3 Å². The molecular formula is C16H21N3O2S. The lowest BCUT2D eigenvalue weighted by atomic mass is 10.0. The number of aromatic nitrogens is 1. The molecule has 5 nitrogen and oxygen atoms in total. The fraction of sp³-hybridized carbons (Fsp3) is 0.375. The number of rotatable bonds is 7. The molecule has 3 N–H and O–H groups in total. The minimum Gasteiger partial charge on any atom is -0.396 e. The summed E-state index contributed by atoms with van der Waals surface area (Å²) in [5, 5.41) is 17.3. The number of hydrogen-bond donors (Lipinski definition) is 3. The van der Waals surface area contributed by atoms with E-state index < -0.39 is 0 Å². The molecule has 0 aliphatic carbocycles. The molecule has 1 atom stereocenters. The SMILES string of the molecule is CCc1csc(NC(=O)NC(CCCO)c2ccccc2)n1. The zero-order valence-corrected chi connectivity index (χ0v) is 13.4. The molecule has 0 fully saturated rings. The minimum absolute atomic E-state index is 0.110. The van der Waals surface area contributed by atoms with Gasteiger partial charge in [0, 0.05) is 12.0 Å². The van der Waals surface area contributed by atoms with Gasteiger partial charge in [-0.3, -0.25) is 5.32 Å². The van der Waals surface area contributed by atoms with E-state index in [0.717, 1.165) is 17.7 Å². The molecule has 0 spiro atoms. The third-order valence-electron chi connectivity index (χ3n) is 3.29. The number of aryl methyl sites for hydroxylation is 1. The molecule has 2 rings (SSSR count). The lowest BCUT2D eigenvalue weighted by Gasteiger charge is -2.18. The number of urea groups is 1. The van der Waals surface area contributed by atoms with Crippen LogP contribution in [0.15, 0.2) is 35.7 Å². The Morgan fingerprint density at radius 3 is 2.77 bits per heavy atom. The second-order valence-electron chi connectivity index (χ2n) is 4.93. The number of anilines is 1. The Hall–Kier alpha value is -1.92. The second-order valence-corrected chi connectivity index (χ2v) is 5.78. The molecule has 1 aromatic carbocycles. The first-order chi connectivity index (χ1) is 10.7. The van der Waals surface area contributed by atoms with Crippen LogP contribution in [-0.4, -0.2) is 22.7 Å². The van der Waals surface area contributed by atoms with Gasteiger partial charge in [-0.1, -0.05) is 37.3 Å². The highest BCUT2D eigenvalue weighted by atomic mass is 32.1. The first-order valence-electron chi connectivity index (χ1n) is 7.40. The Balaban J connectivity index is 1.98. The third-order valence-corrected chi connectivity index (χ3v) is 4.10. The number of hydrogen-bond acceptors (Lipinski definition) is 4. The van der Waals surface area contributed by atoms with Crippen molar-refractivity contribution >= 4 is 22.5 Å². The van der Waals surface area contributed by atoms with Gasteiger partial charge >= 0.3 is 6.03 Å². The summed E-state index contributed by atoms with van der Waals surface area (Å²) >= 11 is 1.42. The molecule has 6 heteroatoms. The molecule has 22 heavy (non-hydrogen) atoms. The van der Waals surface area contributed by atoms with Crippen LogP contribution in [-0.2, 0) is 6.42 Å². The highest BCUT2D eigenvalue weighted by Crippen LogP contribution is 2.19. The van der Waals surface area contributed by atoms with E-state index >= 15 is 0 Å². The van der Waals surface area contributed by atoms with Crippen molar-refractivity contribution < 1.29 is 9.90 Å². The molecule has 0 saturated carbocycles. The Morgan fingerprint density at radius 2 is 2.14 bits per heavy atom. The number of thiazole rings is 1. The molecule has 0 aliphatic heterocycles. The zero-order valence-electron chi connectivity index (χ0n) is 12.6. The molecule has 2 amide bonds. The van der Waals surface area contributed by atoms with Crippen molar-refractivity contribution in [2.45, 2.75) is 32.2 Å². The molecule has 1 unspecified atom stereocenters. The van der Waals surface area contributed by atoms with Gasteiger partial charge in [0.2, 0.25) is 0 Å². The Morgan fingerprint density at radius 1 is 1.36 bits per heavy atom. The molecule has 2 aromatic rings. The lowest BCUT2D eigenvalue weighted by molar-refractivity contribution is 0.244. The first-order valence-corrected chi connectivity index (χ1v) is 8.28. The van der Waals surface area contributed by atoms with E-state index in [4.69, 9.17) is 5.11 Å². The minimum atomic E-state index is -0.274. The normalized spacial score (nSPS) is 11.9. The summed E-state index contributed by atoms with van der Waals surface area (Å²) in [5.41, 5.74) is 2.00. The van der Waals surface area contributed by atoms with Crippen molar-refractivity contribution in [1.82, 2.24) is 10.3 Å². The number of nitrogens with one attached hydrogen (secondary N) is 2. The second kappa shape index (κ2) is 8.51. The number of aliphatic hydroxyl groups is 1. The molecule has 0 radical (unpaired) electrons. The van der Waals surface area contributed by atoms with Crippen LogP contribution in [0.1, 0.15) is 37.1 Å². The van der Waals surface area contributed by atoms with Crippen molar-refractivity contribution in [3.63, 3.8) is 0 Å². The van der Waals surface area contributed by atoms with Crippen molar-refractivity contribution in [1.29, 1.82) is 0 Å². The Labute approximate surface area is 134 Å². The number of amides is 2. The van der Waals surface area contributed by atoms with Crippen molar-refractivity contribution in [3.8, 4) is 0 Å². The number of benzene rings is 1. The predicted molar refractivity (Wildman–Crippen MR) is 89.1 cm³/mol. The van der Waals surface area contributed by atoms with Crippen LogP contribution >= 0.6 is 11.3 Å². The largest absolute Gasteiger partial charge is 0.396 e. The van der Waals surface area contributed by atoms with Crippen LogP contribution < -0.4 is 10.6 Å². The van der Waals surface area contributed by atoms with Crippen molar-refractivity contribution in [3.05, 3.63) is 47.0 Å². The number of aliphatic hydroxyl groups excluding tert-OH is 1. The summed E-state index contributed by atoms with van der Waals surface area (Å²) in [7, 11) is 0. The Bertz CT molecular complexity index is 586. The summed E-state index contributed by atoms with van der Waals surface area (Å²) in [5.74, 6) is 0. The van der Waals surface area contributed by atoms with Gasteiger partial charge < -0.3 is 10.4 Å². The van der Waals surface area contributed by atoms with Gasteiger partial charge in [-0.05, 0) is 24.8 Å². The van der Waals surface area contributed by atoms with E-state index in [1.807, 2.05) is 42.6 Å². The standard InChI is InChI=1S/C16H21N3O2S/c1-2-13-11-22-16(17-13)19-15(21)18-14(9-6-10-20)12-7-4-3-5-8-12/h3-5,7-8,11,14,20H,2,6,9-10H2,1H3,(H2,17,18,19,21). The van der Waals surface area contributed by atoms with Crippen LogP contribution in [0.2, 0.25) is 0 Å². The monoisotopic (exact) mass is 319 g/mol. The maximum atomic E-state index is 12.1. The zero-order chi connectivity index (χ0) is 15.8. The topological polar surface area (TPSA) is 74.2 Å². The molecule has 0 bridgehead atoms. The Kier molecular flexibility index (Phi) is 6.36. The van der Waals surface area contributed by atoms with Gasteiger partial charge in [0.1, 0.15) is 0 Å². The summed E-state index contributed by atoms with van der Waals surface area (Å²) in [4.78, 5) is 16.5. The molecule has 0 aliphatic rings. The van der Waals surface area contributed by atoms with Crippen LogP contribution in [0.4, 0.5) is 9.93 Å². The molecule has 1 aromatic heterocycles. The molecular weight excluding hydrogens is 298 g/mol. The highest BCUT2D eigenvalue weighted by molar-refractivity contribution is 7.13. The van der Waals surface area contributed by atoms with Crippen molar-refractivity contribution in [2.75, 3.05) is 11.9 Å². The molecule has 1 heterocycles. The first kappa shape index (κ1) is 16.5. The highest BCUT2D eigenvalue weighted by Gasteiger charge is 2.15. The van der Waals surface area contributed by atoms with Crippen molar-refractivity contribution in [2.24, 2.45) is 0 Å². The summed E-state index contributed by atoms with van der Waals surface area (Å²) in [6.07, 6.45) is 2.17. The van der Waals surface area contributed by atoms with E-state index in [0.29, 0.717) is 18.0 Å². The number of carbonyl (C=O) groups excluding carboxylic acids is 1. The maximum absolute atomic E-state index is 12.1. The quantitative estimate of drug-likeness (QED) is 0.733. The smallest absolute Gasteiger partial charge is 0.321 e. The average molecular weight is 319 g/mol. The third kappa shape index (κ3) is 4.82. The van der Waals surface area contributed by atoms with E-state index in [2.05, 4.69) is 15.6 Å². The van der Waals surface area contributed by atoms with Crippen LogP contribution in [0.3, 0.4) is 0 Å². The fourth-order valence-corrected chi connectivity index (χ4v) is 2.91. The van der Waals surface area contributed by atoms with Crippen LogP contribution in [0, 0.1) is 0 Å². The van der Waals surface area contributed by atoms with E-state index in [1.165, 1.54) is 11.3 Å². The summed E-state index contributed by atoms with van der Waals surface area (Å²) in [6, 6.07) is 9.36. The van der Waals surface area contributed by atoms with E-state index in [9.17, 15) is 4.79 Å². The number of carbonyl (C=O) groups is 1. The van der Waals surface area contributed by atoms with Crippen LogP contribution in [0.25, 0.3) is 0 Å². The summed E-state index contributed by atoms with van der Waals surface area (Å²) in [6.45, 7) is 2.14. The predicted octanol–water partition coefficient (Wildman–Crippen LogP) is 3.34. The summed E-state index contributed by atoms with van der Waals surface area (Å²) < 4.78 is 0. The number of nitrogens with zero attached hydrogens (tertiary/aromatic N) is 1. The van der Waals surface area contributed by atoms with Gasteiger partial charge in [0.05, 0.1) is 11.7 Å². The van der Waals surface area contributed by atoms with Gasteiger partial charge in [-0.25, -0.2) is 9.78 Å². The van der Waals surface area contributed by atoms with Gasteiger partial charge in [0.25, 0.3) is 0 Å².